The molecule has 6 nitrogen and oxygen atoms in total. The molecule has 0 aromatic heterocycles. The second-order valence-electron chi connectivity index (χ2n) is 5.07. The molecule has 0 aliphatic heterocycles. The molecule has 5 N–H and O–H groups in total. The molecule has 0 saturated heterocycles. The van der Waals surface area contributed by atoms with Crippen LogP contribution in [0.4, 0.5) is 15.8 Å². The van der Waals surface area contributed by atoms with Gasteiger partial charge in [0.05, 0.1) is 12.2 Å². The van der Waals surface area contributed by atoms with Crippen molar-refractivity contribution in [1.29, 1.82) is 0 Å². The molecule has 0 fully saturated rings. The third-order valence-electron chi connectivity index (χ3n) is 3.00. The number of nitrogen functional groups attached to an aromatic ring is 1. The Morgan fingerprint density at radius 1 is 1.38 bits per heavy atom. The van der Waals surface area contributed by atoms with E-state index in [0.717, 1.165) is 0 Å². The zero-order valence-corrected chi connectivity index (χ0v) is 12.2. The number of benzene rings is 1. The number of halogens is 1. The molecule has 21 heavy (non-hydrogen) atoms. The summed E-state index contributed by atoms with van der Waals surface area (Å²) >= 11 is 0. The van der Waals surface area contributed by atoms with Crippen molar-refractivity contribution < 1.29 is 14.0 Å². The van der Waals surface area contributed by atoms with Crippen molar-refractivity contribution in [2.45, 2.75) is 26.3 Å². The number of nitrogens with zero attached hydrogens (tertiary/aromatic N) is 1. The van der Waals surface area contributed by atoms with Crippen LogP contribution in [0.5, 0.6) is 0 Å². The van der Waals surface area contributed by atoms with E-state index in [1.54, 1.807) is 4.90 Å². The smallest absolute Gasteiger partial charge is 0.231 e. The summed E-state index contributed by atoms with van der Waals surface area (Å²) in [5, 5.41) is 2.63. The lowest BCUT2D eigenvalue weighted by Crippen LogP contribution is -2.40. The van der Waals surface area contributed by atoms with E-state index in [4.69, 9.17) is 11.5 Å². The van der Waals surface area contributed by atoms with Gasteiger partial charge in [-0.15, -0.1) is 0 Å². The van der Waals surface area contributed by atoms with Crippen LogP contribution in [-0.4, -0.2) is 35.8 Å². The van der Waals surface area contributed by atoms with Crippen molar-refractivity contribution in [1.82, 2.24) is 4.90 Å². The number of primary amides is 1. The summed E-state index contributed by atoms with van der Waals surface area (Å²) in [6.07, 6.45) is 0.197. The molecule has 1 aromatic rings. The highest BCUT2D eigenvalue weighted by molar-refractivity contribution is 5.91. The minimum Gasteiger partial charge on any atom is -0.396 e. The number of hydrogen-bond donors (Lipinski definition) is 3. The number of hydrogen-bond acceptors (Lipinski definition) is 4. The van der Waals surface area contributed by atoms with Crippen LogP contribution in [0, 0.1) is 5.82 Å². The molecule has 2 amide bonds. The number of carbonyl (C=O) groups excluding carboxylic acids is 2. The van der Waals surface area contributed by atoms with Crippen molar-refractivity contribution in [2.24, 2.45) is 5.73 Å². The fourth-order valence-corrected chi connectivity index (χ4v) is 1.81. The minimum absolute atomic E-state index is 0.0228. The Morgan fingerprint density at radius 2 is 2.05 bits per heavy atom. The largest absolute Gasteiger partial charge is 0.396 e. The van der Waals surface area contributed by atoms with E-state index < -0.39 is 11.7 Å². The first-order chi connectivity index (χ1) is 9.79. The molecule has 116 valence electrons. The van der Waals surface area contributed by atoms with Gasteiger partial charge in [-0.1, -0.05) is 0 Å². The van der Waals surface area contributed by atoms with Gasteiger partial charge in [-0.05, 0) is 32.0 Å². The standard InChI is InChI=1S/C14H21FN4O2/c1-9(2)19(8-13(17)20)6-5-14(21)18-10-3-4-11(15)12(16)7-10/h3-4,7,9H,5-6,8,16H2,1-2H3,(H2,17,20)(H,18,21). The third-order valence-corrected chi connectivity index (χ3v) is 3.00. The highest BCUT2D eigenvalue weighted by Gasteiger charge is 2.14. The third kappa shape index (κ3) is 5.78. The Bertz CT molecular complexity index is 520. The van der Waals surface area contributed by atoms with Crippen molar-refractivity contribution in [3.63, 3.8) is 0 Å². The monoisotopic (exact) mass is 296 g/mol. The van der Waals surface area contributed by atoms with Gasteiger partial charge in [-0.2, -0.15) is 0 Å². The molecule has 0 bridgehead atoms. The molecule has 0 atom stereocenters. The average Bonchev–Trinajstić information content (AvgIpc) is 2.38. The molecule has 0 radical (unpaired) electrons. The van der Waals surface area contributed by atoms with Crippen molar-refractivity contribution >= 4 is 23.2 Å². The lowest BCUT2D eigenvalue weighted by molar-refractivity contribution is -0.121. The first kappa shape index (κ1) is 16.9. The fourth-order valence-electron chi connectivity index (χ4n) is 1.81. The SMILES string of the molecule is CC(C)N(CCC(=O)Nc1ccc(F)c(N)c1)CC(N)=O. The number of carbonyl (C=O) groups is 2. The second-order valence-corrected chi connectivity index (χ2v) is 5.07. The Labute approximate surface area is 123 Å². The Hall–Kier alpha value is -2.15. The van der Waals surface area contributed by atoms with Crippen molar-refractivity contribution in [2.75, 3.05) is 24.1 Å². The highest BCUT2D eigenvalue weighted by Crippen LogP contribution is 2.16. The Morgan fingerprint density at radius 3 is 2.57 bits per heavy atom. The lowest BCUT2D eigenvalue weighted by Gasteiger charge is -2.24. The maximum atomic E-state index is 13.0. The topological polar surface area (TPSA) is 101 Å². The van der Waals surface area contributed by atoms with Crippen LogP contribution in [0.3, 0.4) is 0 Å². The molecule has 0 spiro atoms. The summed E-state index contributed by atoms with van der Waals surface area (Å²) in [5.74, 6) is -1.20. The Kier molecular flexibility index (Phi) is 6.10. The van der Waals surface area contributed by atoms with Gasteiger partial charge in [0.1, 0.15) is 5.82 Å². The van der Waals surface area contributed by atoms with E-state index in [-0.39, 0.29) is 30.6 Å². The van der Waals surface area contributed by atoms with E-state index in [0.29, 0.717) is 12.2 Å². The van der Waals surface area contributed by atoms with Gasteiger partial charge in [-0.3, -0.25) is 14.5 Å². The molecule has 0 unspecified atom stereocenters. The summed E-state index contributed by atoms with van der Waals surface area (Å²) in [7, 11) is 0. The fraction of sp³-hybridized carbons (Fsp3) is 0.429. The maximum Gasteiger partial charge on any atom is 0.231 e. The predicted octanol–water partition coefficient (Wildman–Crippen LogP) is 0.932. The lowest BCUT2D eigenvalue weighted by atomic mass is 10.2. The molecule has 7 heteroatoms. The van der Waals surface area contributed by atoms with E-state index in [2.05, 4.69) is 5.32 Å². The first-order valence-corrected chi connectivity index (χ1v) is 6.67. The molecular formula is C14H21FN4O2. The van der Waals surface area contributed by atoms with E-state index in [9.17, 15) is 14.0 Å². The van der Waals surface area contributed by atoms with Crippen LogP contribution in [-0.2, 0) is 9.59 Å². The number of anilines is 2. The van der Waals surface area contributed by atoms with Gasteiger partial charge in [0, 0.05) is 24.7 Å². The van der Waals surface area contributed by atoms with Gasteiger partial charge < -0.3 is 16.8 Å². The summed E-state index contributed by atoms with van der Waals surface area (Å²) in [4.78, 5) is 24.6. The normalized spacial score (nSPS) is 10.9. The summed E-state index contributed by atoms with van der Waals surface area (Å²) in [6, 6.07) is 4.09. The molecule has 0 heterocycles. The first-order valence-electron chi connectivity index (χ1n) is 6.67. The number of nitrogens with two attached hydrogens (primary N) is 2. The van der Waals surface area contributed by atoms with E-state index in [1.807, 2.05) is 13.8 Å². The van der Waals surface area contributed by atoms with Crippen molar-refractivity contribution in [3.05, 3.63) is 24.0 Å². The van der Waals surface area contributed by atoms with E-state index >= 15 is 0 Å². The van der Waals surface area contributed by atoms with Crippen LogP contribution in [0.1, 0.15) is 20.3 Å². The van der Waals surface area contributed by atoms with Crippen LogP contribution in [0.25, 0.3) is 0 Å². The molecule has 0 aliphatic rings. The average molecular weight is 296 g/mol. The Balaban J connectivity index is 2.52. The van der Waals surface area contributed by atoms with Crippen molar-refractivity contribution in [3.8, 4) is 0 Å². The van der Waals surface area contributed by atoms with Crippen LogP contribution < -0.4 is 16.8 Å². The molecule has 1 aromatic carbocycles. The summed E-state index contributed by atoms with van der Waals surface area (Å²) < 4.78 is 13.0. The van der Waals surface area contributed by atoms with Gasteiger partial charge in [0.15, 0.2) is 0 Å². The summed E-state index contributed by atoms with van der Waals surface area (Å²) in [5.41, 5.74) is 11.0. The van der Waals surface area contributed by atoms with Crippen LogP contribution in [0.15, 0.2) is 18.2 Å². The second kappa shape index (κ2) is 7.58. The van der Waals surface area contributed by atoms with Gasteiger partial charge in [0.2, 0.25) is 11.8 Å². The molecular weight excluding hydrogens is 275 g/mol. The van der Waals surface area contributed by atoms with Gasteiger partial charge >= 0.3 is 0 Å². The van der Waals surface area contributed by atoms with Gasteiger partial charge in [-0.25, -0.2) is 4.39 Å². The summed E-state index contributed by atoms with van der Waals surface area (Å²) in [6.45, 7) is 4.35. The minimum atomic E-state index is -0.527. The van der Waals surface area contributed by atoms with Crippen LogP contribution >= 0.6 is 0 Å². The quantitative estimate of drug-likeness (QED) is 0.651. The zero-order valence-electron chi connectivity index (χ0n) is 12.2. The highest BCUT2D eigenvalue weighted by atomic mass is 19.1. The molecule has 0 aliphatic carbocycles. The number of amides is 2. The number of rotatable bonds is 7. The van der Waals surface area contributed by atoms with Gasteiger partial charge in [0.25, 0.3) is 0 Å². The van der Waals surface area contributed by atoms with E-state index in [1.165, 1.54) is 18.2 Å². The predicted molar refractivity (Wildman–Crippen MR) is 80.0 cm³/mol. The zero-order chi connectivity index (χ0) is 16.0. The van der Waals surface area contributed by atoms with Crippen LogP contribution in [0.2, 0.25) is 0 Å². The molecule has 0 saturated carbocycles. The number of nitrogens with one attached hydrogen (secondary N) is 1. The maximum absolute atomic E-state index is 13.0. The molecule has 1 rings (SSSR count).